The zero-order chi connectivity index (χ0) is 19.3. The van der Waals surface area contributed by atoms with Crippen LogP contribution in [0.4, 0.5) is 21.8 Å². The summed E-state index contributed by atoms with van der Waals surface area (Å²) in [4.78, 5) is 16.0. The number of nitrogens with zero attached hydrogens (tertiary/aromatic N) is 3. The fraction of sp³-hybridized carbons (Fsp3) is 0.0952. The molecule has 1 aromatic carbocycles. The van der Waals surface area contributed by atoms with Gasteiger partial charge in [0.05, 0.1) is 6.20 Å². The number of hydrogen-bond acceptors (Lipinski definition) is 5. The van der Waals surface area contributed by atoms with Crippen LogP contribution in [-0.4, -0.2) is 19.9 Å². The van der Waals surface area contributed by atoms with Crippen LogP contribution < -0.4 is 10.6 Å². The number of anilines is 3. The summed E-state index contributed by atoms with van der Waals surface area (Å²) in [5.41, 5.74) is 3.01. The highest BCUT2D eigenvalue weighted by atomic mass is 19.1. The molecule has 0 aliphatic heterocycles. The maximum Gasteiger partial charge on any atom is 0.150 e. The van der Waals surface area contributed by atoms with Crippen LogP contribution >= 0.6 is 0 Å². The highest BCUT2D eigenvalue weighted by molar-refractivity contribution is 5.71. The lowest BCUT2D eigenvalue weighted by molar-refractivity contribution is 0.626. The molecule has 0 saturated heterocycles. The molecule has 0 bridgehead atoms. The maximum absolute atomic E-state index is 13.2. The fourth-order valence-corrected chi connectivity index (χ4v) is 2.89. The molecule has 0 aliphatic rings. The number of aromatic amines is 1. The van der Waals surface area contributed by atoms with Crippen LogP contribution in [0, 0.1) is 5.82 Å². The van der Waals surface area contributed by atoms with Crippen molar-refractivity contribution in [2.75, 3.05) is 10.6 Å². The van der Waals surface area contributed by atoms with Gasteiger partial charge < -0.3 is 15.6 Å². The van der Waals surface area contributed by atoms with E-state index in [2.05, 4.69) is 30.6 Å². The van der Waals surface area contributed by atoms with Crippen LogP contribution in [0.5, 0.6) is 0 Å². The molecule has 6 nitrogen and oxygen atoms in total. The van der Waals surface area contributed by atoms with Crippen LogP contribution in [0.2, 0.25) is 0 Å². The Morgan fingerprint density at radius 1 is 0.964 bits per heavy atom. The third kappa shape index (κ3) is 4.15. The Kier molecular flexibility index (Phi) is 4.97. The molecule has 1 unspecified atom stereocenters. The zero-order valence-corrected chi connectivity index (χ0v) is 15.2. The molecular formula is C21H19FN6. The Morgan fingerprint density at radius 2 is 1.79 bits per heavy atom. The summed E-state index contributed by atoms with van der Waals surface area (Å²) in [6.07, 6.45) is 8.67. The summed E-state index contributed by atoms with van der Waals surface area (Å²) in [6.45, 7) is 2.01. The van der Waals surface area contributed by atoms with Crippen molar-refractivity contribution in [1.29, 1.82) is 0 Å². The van der Waals surface area contributed by atoms with E-state index in [0.717, 1.165) is 16.7 Å². The second-order valence-corrected chi connectivity index (χ2v) is 6.36. The predicted molar refractivity (Wildman–Crippen MR) is 108 cm³/mol. The number of aromatic nitrogens is 4. The van der Waals surface area contributed by atoms with Crippen molar-refractivity contribution < 1.29 is 4.39 Å². The first-order valence-corrected chi connectivity index (χ1v) is 8.88. The summed E-state index contributed by atoms with van der Waals surface area (Å²) in [5, 5.41) is 6.57. The number of rotatable bonds is 6. The van der Waals surface area contributed by atoms with Crippen LogP contribution in [-0.2, 0) is 0 Å². The third-order valence-electron chi connectivity index (χ3n) is 4.31. The van der Waals surface area contributed by atoms with Gasteiger partial charge in [-0.05, 0) is 53.9 Å². The highest BCUT2D eigenvalue weighted by Crippen LogP contribution is 2.28. The van der Waals surface area contributed by atoms with Crippen molar-refractivity contribution in [1.82, 2.24) is 19.9 Å². The third-order valence-corrected chi connectivity index (χ3v) is 4.31. The van der Waals surface area contributed by atoms with E-state index >= 15 is 0 Å². The van der Waals surface area contributed by atoms with Crippen LogP contribution in [0.1, 0.15) is 18.5 Å². The molecule has 3 N–H and O–H groups in total. The summed E-state index contributed by atoms with van der Waals surface area (Å²) in [5.74, 6) is 1.70. The minimum atomic E-state index is -0.251. The van der Waals surface area contributed by atoms with Gasteiger partial charge in [0.1, 0.15) is 23.3 Å². The Labute approximate surface area is 161 Å². The molecule has 0 radical (unpaired) electrons. The van der Waals surface area contributed by atoms with E-state index in [-0.39, 0.29) is 11.9 Å². The summed E-state index contributed by atoms with van der Waals surface area (Å²) >= 11 is 0. The minimum Gasteiger partial charge on any atom is -0.367 e. The molecule has 4 aromatic rings. The predicted octanol–water partition coefficient (Wildman–Crippen LogP) is 4.92. The maximum atomic E-state index is 13.2. The smallest absolute Gasteiger partial charge is 0.150 e. The van der Waals surface area contributed by atoms with Crippen molar-refractivity contribution in [3.63, 3.8) is 0 Å². The molecule has 0 amide bonds. The second kappa shape index (κ2) is 7.87. The summed E-state index contributed by atoms with van der Waals surface area (Å²) < 4.78 is 13.2. The largest absolute Gasteiger partial charge is 0.367 e. The van der Waals surface area contributed by atoms with Crippen LogP contribution in [0.25, 0.3) is 11.1 Å². The molecule has 0 aliphatic carbocycles. The summed E-state index contributed by atoms with van der Waals surface area (Å²) in [6, 6.07) is 12.3. The number of nitrogens with one attached hydrogen (secondary N) is 3. The first-order chi connectivity index (χ1) is 13.7. The molecule has 0 spiro atoms. The Morgan fingerprint density at radius 3 is 2.50 bits per heavy atom. The zero-order valence-electron chi connectivity index (χ0n) is 15.2. The van der Waals surface area contributed by atoms with Gasteiger partial charge in [0.2, 0.25) is 0 Å². The fourth-order valence-electron chi connectivity index (χ4n) is 2.89. The molecule has 28 heavy (non-hydrogen) atoms. The lowest BCUT2D eigenvalue weighted by atomic mass is 10.1. The van der Waals surface area contributed by atoms with Crippen molar-refractivity contribution >= 4 is 17.5 Å². The molecule has 3 aromatic heterocycles. The average Bonchev–Trinajstić information content (AvgIpc) is 3.24. The molecule has 7 heteroatoms. The number of hydrogen-bond donors (Lipinski definition) is 3. The van der Waals surface area contributed by atoms with E-state index in [0.29, 0.717) is 17.5 Å². The van der Waals surface area contributed by atoms with Crippen LogP contribution in [0.3, 0.4) is 0 Å². The lowest BCUT2D eigenvalue weighted by Crippen LogP contribution is -2.09. The quantitative estimate of drug-likeness (QED) is 0.446. The normalized spacial score (nSPS) is 11.8. The van der Waals surface area contributed by atoms with Crippen molar-refractivity contribution in [3.05, 3.63) is 84.8 Å². The topological polar surface area (TPSA) is 78.5 Å². The monoisotopic (exact) mass is 374 g/mol. The molecule has 0 saturated carbocycles. The number of halogens is 1. The molecular weight excluding hydrogens is 355 g/mol. The molecule has 1 atom stereocenters. The Balaban J connectivity index is 1.64. The summed E-state index contributed by atoms with van der Waals surface area (Å²) in [7, 11) is 0. The van der Waals surface area contributed by atoms with Gasteiger partial charge in [-0.25, -0.2) is 14.4 Å². The van der Waals surface area contributed by atoms with Gasteiger partial charge in [0.15, 0.2) is 0 Å². The van der Waals surface area contributed by atoms with E-state index < -0.39 is 0 Å². The SMILES string of the molecule is CC(Nc1cc(-c2cc[nH]c2)cc(Nc2cnccn2)n1)c1ccc(F)cc1. The molecule has 0 fully saturated rings. The Hall–Kier alpha value is -3.74. The van der Waals surface area contributed by atoms with E-state index in [1.54, 1.807) is 30.7 Å². The van der Waals surface area contributed by atoms with E-state index in [1.165, 1.54) is 12.1 Å². The van der Waals surface area contributed by atoms with Crippen molar-refractivity contribution in [2.24, 2.45) is 0 Å². The van der Waals surface area contributed by atoms with E-state index in [9.17, 15) is 4.39 Å². The van der Waals surface area contributed by atoms with Gasteiger partial charge in [-0.15, -0.1) is 0 Å². The first kappa shape index (κ1) is 17.7. The van der Waals surface area contributed by atoms with Gasteiger partial charge >= 0.3 is 0 Å². The van der Waals surface area contributed by atoms with Gasteiger partial charge in [0.25, 0.3) is 0 Å². The van der Waals surface area contributed by atoms with E-state index in [1.807, 2.05) is 37.5 Å². The molecule has 3 heterocycles. The lowest BCUT2D eigenvalue weighted by Gasteiger charge is -2.17. The van der Waals surface area contributed by atoms with Crippen molar-refractivity contribution in [3.8, 4) is 11.1 Å². The van der Waals surface area contributed by atoms with Gasteiger partial charge in [-0.1, -0.05) is 12.1 Å². The second-order valence-electron chi connectivity index (χ2n) is 6.36. The highest BCUT2D eigenvalue weighted by Gasteiger charge is 2.10. The number of H-pyrrole nitrogens is 1. The standard InChI is InChI=1S/C21H19FN6/c1-14(15-2-4-18(22)5-3-15)26-19-10-17(16-6-7-23-12-16)11-20(27-19)28-21-13-24-8-9-25-21/h2-14,23H,1H3,(H2,25,26,27,28). The number of pyridine rings is 1. The van der Waals surface area contributed by atoms with Crippen molar-refractivity contribution in [2.45, 2.75) is 13.0 Å². The van der Waals surface area contributed by atoms with Gasteiger partial charge in [-0.2, -0.15) is 0 Å². The first-order valence-electron chi connectivity index (χ1n) is 8.88. The van der Waals surface area contributed by atoms with E-state index in [4.69, 9.17) is 0 Å². The van der Waals surface area contributed by atoms with Gasteiger partial charge in [-0.3, -0.25) is 4.98 Å². The van der Waals surface area contributed by atoms with Crippen LogP contribution in [0.15, 0.2) is 73.4 Å². The Bertz CT molecular complexity index is 1030. The minimum absolute atomic E-state index is 0.0426. The molecule has 140 valence electrons. The average molecular weight is 374 g/mol. The number of benzene rings is 1. The molecule has 4 rings (SSSR count). The van der Waals surface area contributed by atoms with Gasteiger partial charge in [0, 0.05) is 30.8 Å².